The average Bonchev–Trinajstić information content (AvgIpc) is 2.37. The topological polar surface area (TPSA) is 0 Å². The van der Waals surface area contributed by atoms with Crippen LogP contribution in [0.1, 0.15) is 6.42 Å². The first-order valence-corrected chi connectivity index (χ1v) is 3.76. The molecule has 0 unspecified atom stereocenters. The van der Waals surface area contributed by atoms with E-state index in [1.165, 1.54) is 0 Å². The van der Waals surface area contributed by atoms with Gasteiger partial charge in [0.2, 0.25) is 0 Å². The Morgan fingerprint density at radius 2 is 2.10 bits per heavy atom. The molecule has 2 bridgehead atoms. The molecule has 10 heavy (non-hydrogen) atoms. The highest BCUT2D eigenvalue weighted by molar-refractivity contribution is 6.22. The van der Waals surface area contributed by atoms with Gasteiger partial charge in [-0.25, -0.2) is 8.78 Å². The maximum Gasteiger partial charge on any atom is 0.270 e. The average molecular weight is 165 g/mol. The minimum absolute atomic E-state index is 0.0818. The van der Waals surface area contributed by atoms with Crippen LogP contribution in [0.15, 0.2) is 12.2 Å². The summed E-state index contributed by atoms with van der Waals surface area (Å²) in [4.78, 5) is 0. The van der Waals surface area contributed by atoms with Crippen LogP contribution in [-0.4, -0.2) is 11.3 Å². The second kappa shape index (κ2) is 1.73. The number of allylic oxidation sites excluding steroid dienone is 2. The first-order valence-electron chi connectivity index (χ1n) is 3.32. The molecule has 0 aromatic carbocycles. The number of rotatable bonds is 0. The molecule has 0 N–H and O–H groups in total. The summed E-state index contributed by atoms with van der Waals surface area (Å²) in [7, 11) is 0. The lowest BCUT2D eigenvalue weighted by atomic mass is 10.0. The van der Waals surface area contributed by atoms with Crippen LogP contribution < -0.4 is 0 Å². The van der Waals surface area contributed by atoms with Gasteiger partial charge in [0, 0.05) is 5.92 Å². The Hall–Kier alpha value is -0.110. The Morgan fingerprint density at radius 1 is 1.40 bits per heavy atom. The third-order valence-electron chi connectivity index (χ3n) is 2.35. The van der Waals surface area contributed by atoms with Crippen molar-refractivity contribution in [2.45, 2.75) is 17.7 Å². The van der Waals surface area contributed by atoms with Gasteiger partial charge in [-0.05, 0) is 12.3 Å². The number of hydrogen-bond donors (Lipinski definition) is 0. The summed E-state index contributed by atoms with van der Waals surface area (Å²) in [6, 6.07) is 0. The summed E-state index contributed by atoms with van der Waals surface area (Å²) in [6.45, 7) is 0. The number of halogens is 3. The van der Waals surface area contributed by atoms with Gasteiger partial charge in [-0.15, -0.1) is 11.6 Å². The molecule has 0 nitrogen and oxygen atoms in total. The molecular formula is C7H7ClF2. The van der Waals surface area contributed by atoms with Crippen LogP contribution in [0.5, 0.6) is 0 Å². The van der Waals surface area contributed by atoms with Crippen LogP contribution in [0.4, 0.5) is 8.78 Å². The molecule has 2 aliphatic rings. The second-order valence-corrected chi connectivity index (χ2v) is 3.44. The summed E-state index contributed by atoms with van der Waals surface area (Å²) >= 11 is 5.50. The molecule has 2 aliphatic carbocycles. The minimum atomic E-state index is -2.65. The lowest BCUT2D eigenvalue weighted by Crippen LogP contribution is -2.32. The zero-order valence-corrected chi connectivity index (χ0v) is 5.98. The van der Waals surface area contributed by atoms with Crippen LogP contribution in [0.3, 0.4) is 0 Å². The molecule has 3 heteroatoms. The SMILES string of the molecule is FC1(F)[C@@H]2C=C[C@@H](C2)[C@H]1Cl. The van der Waals surface area contributed by atoms with Gasteiger partial charge in [0.05, 0.1) is 0 Å². The Labute approximate surface area is 62.9 Å². The summed E-state index contributed by atoms with van der Waals surface area (Å²) in [5.41, 5.74) is 0. The highest BCUT2D eigenvalue weighted by Gasteiger charge is 2.57. The molecule has 56 valence electrons. The van der Waals surface area contributed by atoms with Crippen LogP contribution in [-0.2, 0) is 0 Å². The van der Waals surface area contributed by atoms with Crippen LogP contribution in [0.25, 0.3) is 0 Å². The highest BCUT2D eigenvalue weighted by Crippen LogP contribution is 2.52. The first-order chi connectivity index (χ1) is 4.62. The van der Waals surface area contributed by atoms with Gasteiger partial charge >= 0.3 is 0 Å². The summed E-state index contributed by atoms with van der Waals surface area (Å²) < 4.78 is 25.7. The van der Waals surface area contributed by atoms with E-state index in [0.29, 0.717) is 6.42 Å². The van der Waals surface area contributed by atoms with Crippen molar-refractivity contribution in [1.29, 1.82) is 0 Å². The molecule has 0 heterocycles. The molecule has 0 amide bonds. The Kier molecular flexibility index (Phi) is 1.14. The number of hydrogen-bond acceptors (Lipinski definition) is 0. The fraction of sp³-hybridized carbons (Fsp3) is 0.714. The Morgan fingerprint density at radius 3 is 2.40 bits per heavy atom. The van der Waals surface area contributed by atoms with E-state index in [-0.39, 0.29) is 5.92 Å². The summed E-state index contributed by atoms with van der Waals surface area (Å²) in [5, 5.41) is -0.956. The smallest absolute Gasteiger partial charge is 0.204 e. The maximum absolute atomic E-state index is 12.8. The van der Waals surface area contributed by atoms with Gasteiger partial charge in [-0.3, -0.25) is 0 Å². The number of fused-ring (bicyclic) bond motifs is 2. The summed E-state index contributed by atoms with van der Waals surface area (Å²) in [5.74, 6) is -3.32. The molecule has 0 aliphatic heterocycles. The van der Waals surface area contributed by atoms with E-state index in [4.69, 9.17) is 11.6 Å². The standard InChI is InChI=1S/C7H7ClF2/c8-6-4-1-2-5(3-4)7(6,9)10/h1-2,4-6H,3H2/t4-,5+,6+/m0/s1. The third-order valence-corrected chi connectivity index (χ3v) is 2.97. The molecule has 1 saturated carbocycles. The van der Waals surface area contributed by atoms with Gasteiger partial charge in [-0.1, -0.05) is 12.2 Å². The van der Waals surface area contributed by atoms with E-state index in [2.05, 4.69) is 0 Å². The predicted octanol–water partition coefficient (Wildman–Crippen LogP) is 2.44. The molecule has 0 aromatic rings. The Balaban J connectivity index is 2.35. The second-order valence-electron chi connectivity index (χ2n) is 2.97. The van der Waals surface area contributed by atoms with Crippen molar-refractivity contribution in [1.82, 2.24) is 0 Å². The molecule has 0 spiro atoms. The van der Waals surface area contributed by atoms with E-state index in [1.54, 1.807) is 12.2 Å². The van der Waals surface area contributed by atoms with Crippen molar-refractivity contribution in [2.24, 2.45) is 11.8 Å². The van der Waals surface area contributed by atoms with Crippen molar-refractivity contribution < 1.29 is 8.78 Å². The van der Waals surface area contributed by atoms with Crippen LogP contribution in [0.2, 0.25) is 0 Å². The van der Waals surface area contributed by atoms with E-state index in [9.17, 15) is 8.78 Å². The van der Waals surface area contributed by atoms with Gasteiger partial charge in [-0.2, -0.15) is 0 Å². The van der Waals surface area contributed by atoms with Gasteiger partial charge in [0.1, 0.15) is 5.38 Å². The van der Waals surface area contributed by atoms with Crippen molar-refractivity contribution >= 4 is 11.6 Å². The molecular weight excluding hydrogens is 158 g/mol. The van der Waals surface area contributed by atoms with Gasteiger partial charge in [0.25, 0.3) is 5.92 Å². The zero-order chi connectivity index (χ0) is 7.35. The Bertz CT molecular complexity index is 188. The molecule has 0 radical (unpaired) electrons. The lowest BCUT2D eigenvalue weighted by molar-refractivity contribution is -0.0206. The van der Waals surface area contributed by atoms with E-state index in [1.807, 2.05) is 0 Å². The molecule has 0 saturated heterocycles. The van der Waals surface area contributed by atoms with Crippen molar-refractivity contribution in [3.05, 3.63) is 12.2 Å². The molecule has 2 rings (SSSR count). The van der Waals surface area contributed by atoms with Gasteiger partial charge in [0.15, 0.2) is 0 Å². The molecule has 0 aromatic heterocycles. The predicted molar refractivity (Wildman–Crippen MR) is 35.3 cm³/mol. The van der Waals surface area contributed by atoms with Crippen molar-refractivity contribution in [3.63, 3.8) is 0 Å². The number of alkyl halides is 3. The van der Waals surface area contributed by atoms with Crippen LogP contribution >= 0.6 is 11.6 Å². The fourth-order valence-electron chi connectivity index (χ4n) is 1.72. The van der Waals surface area contributed by atoms with E-state index in [0.717, 1.165) is 0 Å². The zero-order valence-electron chi connectivity index (χ0n) is 5.23. The van der Waals surface area contributed by atoms with Crippen molar-refractivity contribution in [3.8, 4) is 0 Å². The highest BCUT2D eigenvalue weighted by atomic mass is 35.5. The monoisotopic (exact) mass is 164 g/mol. The first kappa shape index (κ1) is 6.59. The quantitative estimate of drug-likeness (QED) is 0.381. The normalized spacial score (nSPS) is 48.5. The molecule has 1 fully saturated rings. The summed E-state index contributed by atoms with van der Waals surface area (Å²) in [6.07, 6.45) is 3.93. The van der Waals surface area contributed by atoms with E-state index >= 15 is 0 Å². The van der Waals surface area contributed by atoms with Crippen molar-refractivity contribution in [2.75, 3.05) is 0 Å². The fourth-order valence-corrected chi connectivity index (χ4v) is 2.07. The minimum Gasteiger partial charge on any atom is -0.204 e. The van der Waals surface area contributed by atoms with Crippen LogP contribution in [0, 0.1) is 11.8 Å². The lowest BCUT2D eigenvalue weighted by Gasteiger charge is -2.21. The third kappa shape index (κ3) is 0.605. The maximum atomic E-state index is 12.8. The molecule has 3 atom stereocenters. The van der Waals surface area contributed by atoms with E-state index < -0.39 is 17.2 Å². The van der Waals surface area contributed by atoms with Gasteiger partial charge < -0.3 is 0 Å². The largest absolute Gasteiger partial charge is 0.270 e.